The summed E-state index contributed by atoms with van der Waals surface area (Å²) in [5.41, 5.74) is 2.99. The van der Waals surface area contributed by atoms with Crippen molar-refractivity contribution >= 4 is 23.1 Å². The number of carbonyl (C=O) groups excluding carboxylic acids is 1. The van der Waals surface area contributed by atoms with E-state index in [1.807, 2.05) is 0 Å². The number of aromatic nitrogens is 1. The van der Waals surface area contributed by atoms with Gasteiger partial charge in [0.1, 0.15) is 0 Å². The molecule has 1 aromatic carbocycles. The number of anilines is 2. The molecule has 8 nitrogen and oxygen atoms in total. The molecule has 2 aromatic rings. The maximum Gasteiger partial charge on any atom is 0.269 e. The first-order chi connectivity index (χ1) is 9.61. The Hall–Kier alpha value is -3.00. The second-order valence-electron chi connectivity index (χ2n) is 3.80. The van der Waals surface area contributed by atoms with Gasteiger partial charge >= 0.3 is 0 Å². The molecule has 0 aliphatic heterocycles. The first-order valence-electron chi connectivity index (χ1n) is 5.59. The Balaban J connectivity index is 2.17. The van der Waals surface area contributed by atoms with E-state index in [2.05, 4.69) is 15.7 Å². The lowest BCUT2D eigenvalue weighted by molar-refractivity contribution is -0.384. The number of amides is 1. The number of hydrogen-bond acceptors (Lipinski definition) is 6. The molecule has 0 aliphatic carbocycles. The molecule has 102 valence electrons. The number of pyridine rings is 1. The van der Waals surface area contributed by atoms with Crippen molar-refractivity contribution in [3.8, 4) is 0 Å². The van der Waals surface area contributed by atoms with Crippen LogP contribution in [0.4, 0.5) is 17.2 Å². The van der Waals surface area contributed by atoms with Crippen LogP contribution in [-0.2, 0) is 0 Å². The van der Waals surface area contributed by atoms with Crippen LogP contribution in [0.3, 0.4) is 0 Å². The standard InChI is InChI=1S/C12H11N5O3/c13-16-11-10(2-1-7-14-11)12(18)15-8-3-5-9(6-4-8)17(19)20/h1-7H,13H2,(H,14,16)(H,15,18). The smallest absolute Gasteiger partial charge is 0.269 e. The summed E-state index contributed by atoms with van der Waals surface area (Å²) in [6.07, 6.45) is 1.50. The zero-order valence-corrected chi connectivity index (χ0v) is 10.2. The van der Waals surface area contributed by atoms with E-state index in [-0.39, 0.29) is 17.1 Å². The van der Waals surface area contributed by atoms with Crippen LogP contribution < -0.4 is 16.6 Å². The predicted octanol–water partition coefficient (Wildman–Crippen LogP) is 1.53. The molecule has 0 radical (unpaired) electrons. The Kier molecular flexibility index (Phi) is 3.87. The number of carbonyl (C=O) groups is 1. The third-order valence-electron chi connectivity index (χ3n) is 2.53. The van der Waals surface area contributed by atoms with Crippen molar-refractivity contribution < 1.29 is 9.72 Å². The molecule has 0 bridgehead atoms. The number of nitrogens with one attached hydrogen (secondary N) is 2. The fourth-order valence-corrected chi connectivity index (χ4v) is 1.57. The quantitative estimate of drug-likeness (QED) is 0.441. The maximum atomic E-state index is 12.0. The molecule has 0 saturated carbocycles. The molecule has 0 aliphatic rings. The molecule has 1 heterocycles. The van der Waals surface area contributed by atoms with Gasteiger partial charge < -0.3 is 10.7 Å². The molecule has 0 saturated heterocycles. The Morgan fingerprint density at radius 3 is 2.55 bits per heavy atom. The zero-order chi connectivity index (χ0) is 14.5. The van der Waals surface area contributed by atoms with E-state index in [4.69, 9.17) is 5.84 Å². The lowest BCUT2D eigenvalue weighted by Gasteiger charge is -2.08. The highest BCUT2D eigenvalue weighted by Crippen LogP contribution is 2.17. The summed E-state index contributed by atoms with van der Waals surface area (Å²) in [7, 11) is 0. The van der Waals surface area contributed by atoms with Gasteiger partial charge in [-0.3, -0.25) is 14.9 Å². The van der Waals surface area contributed by atoms with Gasteiger partial charge in [-0.25, -0.2) is 10.8 Å². The summed E-state index contributed by atoms with van der Waals surface area (Å²) >= 11 is 0. The predicted molar refractivity (Wildman–Crippen MR) is 73.1 cm³/mol. The number of rotatable bonds is 4. The summed E-state index contributed by atoms with van der Waals surface area (Å²) in [6.45, 7) is 0. The minimum absolute atomic E-state index is 0.0475. The number of hydrogen-bond donors (Lipinski definition) is 3. The molecule has 0 fully saturated rings. The van der Waals surface area contributed by atoms with E-state index in [1.165, 1.54) is 30.5 Å². The highest BCUT2D eigenvalue weighted by atomic mass is 16.6. The highest BCUT2D eigenvalue weighted by molar-refractivity contribution is 6.07. The van der Waals surface area contributed by atoms with E-state index in [0.717, 1.165) is 0 Å². The third-order valence-corrected chi connectivity index (χ3v) is 2.53. The van der Waals surface area contributed by atoms with Crippen molar-refractivity contribution in [2.45, 2.75) is 0 Å². The molecular formula is C12H11N5O3. The van der Waals surface area contributed by atoms with Gasteiger partial charge in [-0.05, 0) is 24.3 Å². The molecule has 0 unspecified atom stereocenters. The van der Waals surface area contributed by atoms with Gasteiger partial charge in [0, 0.05) is 24.0 Å². The third kappa shape index (κ3) is 2.87. The maximum absolute atomic E-state index is 12.0. The van der Waals surface area contributed by atoms with Gasteiger partial charge in [0.2, 0.25) is 0 Å². The molecule has 20 heavy (non-hydrogen) atoms. The summed E-state index contributed by atoms with van der Waals surface area (Å²) in [4.78, 5) is 26.0. The zero-order valence-electron chi connectivity index (χ0n) is 10.2. The number of non-ortho nitro benzene ring substituents is 1. The van der Waals surface area contributed by atoms with Crippen LogP contribution in [0, 0.1) is 10.1 Å². The average molecular weight is 273 g/mol. The Morgan fingerprint density at radius 1 is 1.25 bits per heavy atom. The molecule has 8 heteroatoms. The fraction of sp³-hybridized carbons (Fsp3) is 0. The lowest BCUT2D eigenvalue weighted by atomic mass is 10.2. The summed E-state index contributed by atoms with van der Waals surface area (Å²) < 4.78 is 0. The van der Waals surface area contributed by atoms with Crippen LogP contribution in [0.1, 0.15) is 10.4 Å². The van der Waals surface area contributed by atoms with Crippen LogP contribution in [0.15, 0.2) is 42.6 Å². The van der Waals surface area contributed by atoms with Gasteiger partial charge in [0.15, 0.2) is 5.82 Å². The van der Waals surface area contributed by atoms with E-state index in [9.17, 15) is 14.9 Å². The van der Waals surface area contributed by atoms with Crippen molar-refractivity contribution in [1.82, 2.24) is 4.98 Å². The van der Waals surface area contributed by atoms with Crippen LogP contribution in [-0.4, -0.2) is 15.8 Å². The van der Waals surface area contributed by atoms with Crippen molar-refractivity contribution in [1.29, 1.82) is 0 Å². The largest absolute Gasteiger partial charge is 0.322 e. The van der Waals surface area contributed by atoms with E-state index in [0.29, 0.717) is 5.69 Å². The number of nitro benzene ring substituents is 1. The number of hydrazine groups is 1. The van der Waals surface area contributed by atoms with Crippen LogP contribution in [0.2, 0.25) is 0 Å². The molecule has 1 amide bonds. The van der Waals surface area contributed by atoms with Crippen LogP contribution >= 0.6 is 0 Å². The summed E-state index contributed by atoms with van der Waals surface area (Å²) in [6, 6.07) is 8.67. The molecule has 0 atom stereocenters. The monoisotopic (exact) mass is 273 g/mol. The number of benzene rings is 1. The van der Waals surface area contributed by atoms with E-state index in [1.54, 1.807) is 12.1 Å². The minimum atomic E-state index is -0.511. The lowest BCUT2D eigenvalue weighted by Crippen LogP contribution is -2.18. The molecule has 0 spiro atoms. The van der Waals surface area contributed by atoms with Crippen molar-refractivity contribution in [2.75, 3.05) is 10.7 Å². The molecule has 1 aromatic heterocycles. The summed E-state index contributed by atoms with van der Waals surface area (Å²) in [5, 5.41) is 13.1. The molecular weight excluding hydrogens is 262 g/mol. The number of nitrogen functional groups attached to an aromatic ring is 1. The number of nitro groups is 1. The minimum Gasteiger partial charge on any atom is -0.322 e. The van der Waals surface area contributed by atoms with Crippen LogP contribution in [0.25, 0.3) is 0 Å². The van der Waals surface area contributed by atoms with Gasteiger partial charge in [0.25, 0.3) is 11.6 Å². The van der Waals surface area contributed by atoms with Gasteiger partial charge in [-0.1, -0.05) is 0 Å². The first-order valence-corrected chi connectivity index (χ1v) is 5.59. The average Bonchev–Trinajstić information content (AvgIpc) is 2.47. The topological polar surface area (TPSA) is 123 Å². The van der Waals surface area contributed by atoms with Gasteiger partial charge in [0.05, 0.1) is 10.5 Å². The molecule has 4 N–H and O–H groups in total. The fourth-order valence-electron chi connectivity index (χ4n) is 1.57. The normalized spacial score (nSPS) is 9.85. The Morgan fingerprint density at radius 2 is 1.95 bits per heavy atom. The van der Waals surface area contributed by atoms with Crippen LogP contribution in [0.5, 0.6) is 0 Å². The second kappa shape index (κ2) is 5.76. The Labute approximate surface area is 113 Å². The van der Waals surface area contributed by atoms with Gasteiger partial charge in [-0.15, -0.1) is 0 Å². The van der Waals surface area contributed by atoms with E-state index < -0.39 is 10.8 Å². The van der Waals surface area contributed by atoms with Crippen molar-refractivity contribution in [2.24, 2.45) is 5.84 Å². The van der Waals surface area contributed by atoms with E-state index >= 15 is 0 Å². The van der Waals surface area contributed by atoms with Gasteiger partial charge in [-0.2, -0.15) is 0 Å². The SMILES string of the molecule is NNc1ncccc1C(=O)Nc1ccc([N+](=O)[O-])cc1. The molecule has 2 rings (SSSR count). The van der Waals surface area contributed by atoms with Crippen molar-refractivity contribution in [3.63, 3.8) is 0 Å². The van der Waals surface area contributed by atoms with Crippen molar-refractivity contribution in [3.05, 3.63) is 58.3 Å². The number of nitrogens with zero attached hydrogens (tertiary/aromatic N) is 2. The second-order valence-corrected chi connectivity index (χ2v) is 3.80. The highest BCUT2D eigenvalue weighted by Gasteiger charge is 2.12. The first kappa shape index (κ1) is 13.4. The summed E-state index contributed by atoms with van der Waals surface area (Å²) in [5.74, 6) is 5.09. The number of nitrogens with two attached hydrogens (primary N) is 1. The Bertz CT molecular complexity index is 642.